The molecule has 5 heteroatoms. The van der Waals surface area contributed by atoms with Crippen LogP contribution in [0.3, 0.4) is 0 Å². The van der Waals surface area contributed by atoms with Gasteiger partial charge in [-0.15, -0.1) is 0 Å². The quantitative estimate of drug-likeness (QED) is 0.781. The largest absolute Gasteiger partial charge is 0.397 e. The number of carbonyl (C=O) groups excluding carboxylic acids is 1. The van der Waals surface area contributed by atoms with Crippen molar-refractivity contribution < 1.29 is 9.53 Å². The van der Waals surface area contributed by atoms with E-state index in [-0.39, 0.29) is 11.4 Å². The molecule has 0 aliphatic carbocycles. The third kappa shape index (κ3) is 2.04. The number of aromatic nitrogens is 1. The van der Waals surface area contributed by atoms with Crippen LogP contribution in [-0.4, -0.2) is 41.1 Å². The number of nitrogens with two attached hydrogens (primary N) is 1. The molecule has 1 saturated heterocycles. The van der Waals surface area contributed by atoms with Gasteiger partial charge in [0.15, 0.2) is 0 Å². The van der Waals surface area contributed by atoms with Crippen molar-refractivity contribution in [1.29, 1.82) is 0 Å². The Bertz CT molecular complexity index is 660. The van der Waals surface area contributed by atoms with Crippen molar-refractivity contribution in [1.82, 2.24) is 9.88 Å². The molecular weight excluding hydrogens is 254 g/mol. The molecule has 1 fully saturated rings. The van der Waals surface area contributed by atoms with Crippen LogP contribution < -0.4 is 5.73 Å². The van der Waals surface area contributed by atoms with Gasteiger partial charge in [-0.05, 0) is 26.0 Å². The van der Waals surface area contributed by atoms with Crippen LogP contribution in [0.4, 0.5) is 5.69 Å². The lowest BCUT2D eigenvalue weighted by Gasteiger charge is -2.41. The molecule has 1 amide bonds. The van der Waals surface area contributed by atoms with Crippen molar-refractivity contribution in [3.63, 3.8) is 0 Å². The number of anilines is 1. The number of para-hydroxylation sites is 1. The molecule has 0 bridgehead atoms. The summed E-state index contributed by atoms with van der Waals surface area (Å²) in [6, 6.07) is 7.52. The number of aromatic amines is 1. The van der Waals surface area contributed by atoms with Crippen LogP contribution in [0, 0.1) is 0 Å². The van der Waals surface area contributed by atoms with Crippen LogP contribution in [0.15, 0.2) is 24.3 Å². The second kappa shape index (κ2) is 4.52. The summed E-state index contributed by atoms with van der Waals surface area (Å²) in [5, 5.41) is 0.958. The van der Waals surface area contributed by atoms with E-state index < -0.39 is 0 Å². The van der Waals surface area contributed by atoms with E-state index in [1.165, 1.54) is 0 Å². The second-order valence-corrected chi connectivity index (χ2v) is 5.82. The van der Waals surface area contributed by atoms with E-state index in [9.17, 15) is 4.79 Å². The SMILES string of the molecule is CC1(C)COCCN1C(=O)c1cc2cccc(N)c2[nH]1. The molecule has 20 heavy (non-hydrogen) atoms. The van der Waals surface area contributed by atoms with E-state index in [0.29, 0.717) is 31.1 Å². The highest BCUT2D eigenvalue weighted by Gasteiger charge is 2.35. The number of amides is 1. The van der Waals surface area contributed by atoms with E-state index in [2.05, 4.69) is 4.98 Å². The molecule has 2 aromatic rings. The highest BCUT2D eigenvalue weighted by molar-refractivity contribution is 6.01. The minimum absolute atomic E-state index is 0.00565. The van der Waals surface area contributed by atoms with Crippen LogP contribution in [0.2, 0.25) is 0 Å². The molecule has 0 saturated carbocycles. The Morgan fingerprint density at radius 3 is 2.95 bits per heavy atom. The Morgan fingerprint density at radius 1 is 1.45 bits per heavy atom. The average Bonchev–Trinajstić information content (AvgIpc) is 2.83. The summed E-state index contributed by atoms with van der Waals surface area (Å²) in [5.74, 6) is -0.00565. The Kier molecular flexibility index (Phi) is 2.94. The predicted octanol–water partition coefficient (Wildman–Crippen LogP) is 2.00. The maximum Gasteiger partial charge on any atom is 0.270 e. The van der Waals surface area contributed by atoms with Gasteiger partial charge in [0.1, 0.15) is 5.69 Å². The van der Waals surface area contributed by atoms with E-state index >= 15 is 0 Å². The molecule has 1 aliphatic rings. The number of ether oxygens (including phenoxy) is 1. The molecule has 3 rings (SSSR count). The molecule has 0 spiro atoms. The summed E-state index contributed by atoms with van der Waals surface area (Å²) in [6.45, 7) is 5.78. The third-order valence-corrected chi connectivity index (χ3v) is 3.81. The lowest BCUT2D eigenvalue weighted by molar-refractivity contribution is -0.0372. The van der Waals surface area contributed by atoms with Gasteiger partial charge >= 0.3 is 0 Å². The number of fused-ring (bicyclic) bond motifs is 1. The standard InChI is InChI=1S/C15H19N3O2/c1-15(2)9-20-7-6-18(15)14(19)12-8-10-4-3-5-11(16)13(10)17-12/h3-5,8,17H,6-7,9,16H2,1-2H3. The average molecular weight is 273 g/mol. The fourth-order valence-electron chi connectivity index (χ4n) is 2.68. The summed E-state index contributed by atoms with van der Waals surface area (Å²) in [6.07, 6.45) is 0. The Hall–Kier alpha value is -2.01. The van der Waals surface area contributed by atoms with Crippen molar-refractivity contribution in [3.05, 3.63) is 30.0 Å². The number of carbonyl (C=O) groups is 1. The predicted molar refractivity (Wildman–Crippen MR) is 78.6 cm³/mol. The number of morpholine rings is 1. The number of H-pyrrole nitrogens is 1. The number of nitrogens with one attached hydrogen (secondary N) is 1. The van der Waals surface area contributed by atoms with Gasteiger partial charge in [-0.1, -0.05) is 12.1 Å². The number of nitrogens with zero attached hydrogens (tertiary/aromatic N) is 1. The summed E-state index contributed by atoms with van der Waals surface area (Å²) < 4.78 is 5.45. The summed E-state index contributed by atoms with van der Waals surface area (Å²) in [4.78, 5) is 17.7. The van der Waals surface area contributed by atoms with Crippen LogP contribution in [0.25, 0.3) is 10.9 Å². The van der Waals surface area contributed by atoms with Gasteiger partial charge in [0.05, 0.1) is 30.0 Å². The van der Waals surface area contributed by atoms with Gasteiger partial charge in [0.25, 0.3) is 5.91 Å². The highest BCUT2D eigenvalue weighted by Crippen LogP contribution is 2.25. The Morgan fingerprint density at radius 2 is 2.25 bits per heavy atom. The van der Waals surface area contributed by atoms with Crippen molar-refractivity contribution >= 4 is 22.5 Å². The smallest absolute Gasteiger partial charge is 0.270 e. The van der Waals surface area contributed by atoms with E-state index in [1.807, 2.05) is 43.0 Å². The molecule has 0 atom stereocenters. The normalized spacial score (nSPS) is 18.4. The molecule has 1 aliphatic heterocycles. The van der Waals surface area contributed by atoms with Crippen LogP contribution in [-0.2, 0) is 4.74 Å². The first-order valence-corrected chi connectivity index (χ1v) is 6.76. The molecule has 1 aromatic carbocycles. The minimum Gasteiger partial charge on any atom is -0.397 e. The molecule has 2 heterocycles. The van der Waals surface area contributed by atoms with E-state index in [4.69, 9.17) is 10.5 Å². The fraction of sp³-hybridized carbons (Fsp3) is 0.400. The van der Waals surface area contributed by atoms with Crippen LogP contribution in [0.5, 0.6) is 0 Å². The first-order valence-electron chi connectivity index (χ1n) is 6.76. The highest BCUT2D eigenvalue weighted by atomic mass is 16.5. The zero-order chi connectivity index (χ0) is 14.3. The Labute approximate surface area is 117 Å². The first-order chi connectivity index (χ1) is 9.49. The van der Waals surface area contributed by atoms with E-state index in [1.54, 1.807) is 0 Å². The van der Waals surface area contributed by atoms with Crippen molar-refractivity contribution in [2.45, 2.75) is 19.4 Å². The van der Waals surface area contributed by atoms with Gasteiger partial charge in [0.2, 0.25) is 0 Å². The molecule has 0 radical (unpaired) electrons. The molecule has 0 unspecified atom stereocenters. The number of benzene rings is 1. The van der Waals surface area contributed by atoms with Crippen LogP contribution in [0.1, 0.15) is 24.3 Å². The van der Waals surface area contributed by atoms with Crippen molar-refractivity contribution in [2.75, 3.05) is 25.5 Å². The molecular formula is C15H19N3O2. The van der Waals surface area contributed by atoms with Crippen molar-refractivity contribution in [3.8, 4) is 0 Å². The van der Waals surface area contributed by atoms with Crippen LogP contribution >= 0.6 is 0 Å². The number of nitrogen functional groups attached to an aromatic ring is 1. The first kappa shape index (κ1) is 13.0. The lowest BCUT2D eigenvalue weighted by Crippen LogP contribution is -2.55. The number of hydrogen-bond donors (Lipinski definition) is 2. The number of hydrogen-bond acceptors (Lipinski definition) is 3. The molecule has 3 N–H and O–H groups in total. The molecule has 5 nitrogen and oxygen atoms in total. The minimum atomic E-state index is -0.293. The van der Waals surface area contributed by atoms with Gasteiger partial charge < -0.3 is 20.4 Å². The Balaban J connectivity index is 1.98. The zero-order valence-corrected chi connectivity index (χ0v) is 11.8. The molecule has 106 valence electrons. The second-order valence-electron chi connectivity index (χ2n) is 5.82. The topological polar surface area (TPSA) is 71.3 Å². The lowest BCUT2D eigenvalue weighted by atomic mass is 10.0. The van der Waals surface area contributed by atoms with Gasteiger partial charge in [-0.3, -0.25) is 4.79 Å². The summed E-state index contributed by atoms with van der Waals surface area (Å²) in [7, 11) is 0. The van der Waals surface area contributed by atoms with Gasteiger partial charge in [0, 0.05) is 11.9 Å². The van der Waals surface area contributed by atoms with Gasteiger partial charge in [-0.2, -0.15) is 0 Å². The summed E-state index contributed by atoms with van der Waals surface area (Å²) >= 11 is 0. The third-order valence-electron chi connectivity index (χ3n) is 3.81. The zero-order valence-electron chi connectivity index (χ0n) is 11.8. The number of rotatable bonds is 1. The maximum atomic E-state index is 12.7. The fourth-order valence-corrected chi connectivity index (χ4v) is 2.68. The van der Waals surface area contributed by atoms with Crippen molar-refractivity contribution in [2.24, 2.45) is 0 Å². The molecule has 1 aromatic heterocycles. The maximum absolute atomic E-state index is 12.7. The summed E-state index contributed by atoms with van der Waals surface area (Å²) in [5.41, 5.74) is 7.69. The van der Waals surface area contributed by atoms with E-state index in [0.717, 1.165) is 10.9 Å². The monoisotopic (exact) mass is 273 g/mol. The van der Waals surface area contributed by atoms with Gasteiger partial charge in [-0.25, -0.2) is 0 Å².